The van der Waals surface area contributed by atoms with Crippen molar-refractivity contribution in [3.63, 3.8) is 0 Å². The number of carbonyl (C=O) groups is 1. The van der Waals surface area contributed by atoms with Crippen LogP contribution in [0.15, 0.2) is 73.1 Å². The molecule has 3 rings (SSSR count). The van der Waals surface area contributed by atoms with Gasteiger partial charge < -0.3 is 16.0 Å². The number of hydrogen-bond acceptors (Lipinski definition) is 5. The van der Waals surface area contributed by atoms with Gasteiger partial charge in [-0.15, -0.1) is 0 Å². The second-order valence-electron chi connectivity index (χ2n) is 7.43. The van der Waals surface area contributed by atoms with Crippen LogP contribution in [-0.4, -0.2) is 32.2 Å². The first kappa shape index (κ1) is 22.8. The first-order chi connectivity index (χ1) is 15.1. The van der Waals surface area contributed by atoms with Crippen LogP contribution >= 0.6 is 0 Å². The molecule has 1 aromatic carbocycles. The van der Waals surface area contributed by atoms with E-state index >= 15 is 0 Å². The molecule has 2 aromatic heterocycles. The number of carbonyl (C=O) groups excluding carboxylic acids is 1. The van der Waals surface area contributed by atoms with Gasteiger partial charge in [0.2, 0.25) is 5.91 Å². The van der Waals surface area contributed by atoms with Crippen molar-refractivity contribution in [3.05, 3.63) is 95.6 Å². The van der Waals surface area contributed by atoms with E-state index in [1.807, 2.05) is 55.5 Å². The predicted molar refractivity (Wildman–Crippen MR) is 123 cm³/mol. The lowest BCUT2D eigenvalue weighted by atomic mass is 10.1. The Morgan fingerprint density at radius 2 is 1.42 bits per heavy atom. The third kappa shape index (κ3) is 7.71. The van der Waals surface area contributed by atoms with E-state index in [1.165, 1.54) is 5.56 Å². The Morgan fingerprint density at radius 1 is 0.839 bits per heavy atom. The number of rotatable bonds is 11. The molecule has 2 atom stereocenters. The summed E-state index contributed by atoms with van der Waals surface area (Å²) in [7, 11) is 3.59. The van der Waals surface area contributed by atoms with Gasteiger partial charge in [-0.1, -0.05) is 43.3 Å². The third-order valence-corrected chi connectivity index (χ3v) is 5.20. The lowest BCUT2D eigenvalue weighted by Crippen LogP contribution is -2.46. The molecule has 0 spiro atoms. The highest BCUT2D eigenvalue weighted by Crippen LogP contribution is 2.08. The van der Waals surface area contributed by atoms with E-state index in [1.54, 1.807) is 12.4 Å². The van der Waals surface area contributed by atoms with E-state index in [0.29, 0.717) is 13.1 Å². The average molecular weight is 431 g/mol. The molecule has 3 N–H and O–H groups in total. The van der Waals surface area contributed by atoms with Crippen LogP contribution in [0.5, 0.6) is 0 Å². The highest BCUT2D eigenvalue weighted by Gasteiger charge is 2.21. The van der Waals surface area contributed by atoms with Gasteiger partial charge in [0.15, 0.2) is 0 Å². The van der Waals surface area contributed by atoms with Crippen LogP contribution in [-0.2, 0) is 31.0 Å². The van der Waals surface area contributed by atoms with E-state index in [9.17, 15) is 4.79 Å². The monoisotopic (exact) mass is 430 g/mol. The van der Waals surface area contributed by atoms with E-state index < -0.39 is 0 Å². The van der Waals surface area contributed by atoms with E-state index in [2.05, 4.69) is 48.3 Å². The summed E-state index contributed by atoms with van der Waals surface area (Å²) < 4.78 is 0. The normalized spacial score (nSPS) is 12.8. The van der Waals surface area contributed by atoms with Crippen LogP contribution < -0.4 is 16.0 Å². The number of nitrogens with one attached hydrogen (secondary N) is 3. The Morgan fingerprint density at radius 3 is 1.97 bits per heavy atom. The number of benzene rings is 1. The van der Waals surface area contributed by atoms with Crippen molar-refractivity contribution in [1.82, 2.24) is 25.9 Å². The van der Waals surface area contributed by atoms with Crippen molar-refractivity contribution < 1.29 is 4.79 Å². The van der Waals surface area contributed by atoms with Crippen LogP contribution in [0.4, 0.5) is 0 Å². The van der Waals surface area contributed by atoms with Gasteiger partial charge in [-0.05, 0) is 40.9 Å². The maximum absolute atomic E-state index is 12.7. The van der Waals surface area contributed by atoms with E-state index in [0.717, 1.165) is 30.0 Å². The molecule has 0 saturated carbocycles. The van der Waals surface area contributed by atoms with Crippen molar-refractivity contribution in [2.45, 2.75) is 44.7 Å². The molecule has 3 aromatic rings. The van der Waals surface area contributed by atoms with Crippen molar-refractivity contribution in [3.8, 4) is 0 Å². The standard InChI is InChI=1S/C24H28N5OSi/c1-18(31)23(28-17-22-7-3-5-13-27-22)24(30)29-15-20-10-8-19(9-11-20)14-25-16-21-6-2-4-12-26-21/h2-13,18,23,25,28H,14-17H2,1H3,(H,29,30)/t18?,23-/m0/s1. The molecule has 0 aliphatic heterocycles. The molecule has 0 fully saturated rings. The minimum absolute atomic E-state index is 0.0173. The molecule has 0 saturated heterocycles. The Kier molecular flexibility index (Phi) is 8.90. The number of nitrogens with zero attached hydrogens (tertiary/aromatic N) is 2. The van der Waals surface area contributed by atoms with E-state index in [-0.39, 0.29) is 17.5 Å². The van der Waals surface area contributed by atoms with Gasteiger partial charge in [-0.2, -0.15) is 0 Å². The molecule has 3 radical (unpaired) electrons. The van der Waals surface area contributed by atoms with Gasteiger partial charge in [0.1, 0.15) is 0 Å². The van der Waals surface area contributed by atoms with Gasteiger partial charge in [0.25, 0.3) is 0 Å². The molecule has 0 aliphatic rings. The molecule has 2 heterocycles. The van der Waals surface area contributed by atoms with E-state index in [4.69, 9.17) is 0 Å². The smallest absolute Gasteiger partial charge is 0.237 e. The van der Waals surface area contributed by atoms with Gasteiger partial charge >= 0.3 is 0 Å². The summed E-state index contributed by atoms with van der Waals surface area (Å²) in [6.45, 7) is 4.48. The zero-order chi connectivity index (χ0) is 21.9. The summed E-state index contributed by atoms with van der Waals surface area (Å²) in [5, 5.41) is 9.70. The molecule has 7 heteroatoms. The number of amides is 1. The summed E-state index contributed by atoms with van der Waals surface area (Å²) >= 11 is 0. The SMILES string of the molecule is CC([Si])[C@H](NCc1ccccn1)C(=O)NCc1ccc(CNCc2ccccn2)cc1. The minimum Gasteiger partial charge on any atom is -0.351 e. The van der Waals surface area contributed by atoms with Crippen LogP contribution in [0.25, 0.3) is 0 Å². The Balaban J connectivity index is 1.43. The topological polar surface area (TPSA) is 78.9 Å². The summed E-state index contributed by atoms with van der Waals surface area (Å²) in [4.78, 5) is 21.3. The van der Waals surface area contributed by atoms with Crippen LogP contribution in [0.3, 0.4) is 0 Å². The molecule has 6 nitrogen and oxygen atoms in total. The summed E-state index contributed by atoms with van der Waals surface area (Å²) in [5.74, 6) is -0.0421. The predicted octanol–water partition coefficient (Wildman–Crippen LogP) is 2.52. The number of hydrogen-bond donors (Lipinski definition) is 3. The summed E-state index contributed by atoms with van der Waals surface area (Å²) in [6, 6.07) is 19.6. The number of pyridine rings is 2. The fraction of sp³-hybridized carbons (Fsp3) is 0.292. The van der Waals surface area contributed by atoms with Crippen LogP contribution in [0, 0.1) is 0 Å². The summed E-state index contributed by atoms with van der Waals surface area (Å²) in [5.41, 5.74) is 4.16. The minimum atomic E-state index is -0.353. The zero-order valence-electron chi connectivity index (χ0n) is 17.7. The second-order valence-corrected chi connectivity index (χ2v) is 8.34. The zero-order valence-corrected chi connectivity index (χ0v) is 18.7. The van der Waals surface area contributed by atoms with Crippen molar-refractivity contribution in [2.24, 2.45) is 0 Å². The van der Waals surface area contributed by atoms with Crippen molar-refractivity contribution >= 4 is 16.1 Å². The molecule has 1 amide bonds. The maximum Gasteiger partial charge on any atom is 0.237 e. The molecular formula is C24H28N5OSi. The van der Waals surface area contributed by atoms with Crippen LogP contribution in [0.2, 0.25) is 5.54 Å². The molecule has 31 heavy (non-hydrogen) atoms. The first-order valence-corrected chi connectivity index (χ1v) is 11.0. The van der Waals surface area contributed by atoms with Crippen LogP contribution in [0.1, 0.15) is 29.4 Å². The average Bonchev–Trinajstić information content (AvgIpc) is 2.80. The van der Waals surface area contributed by atoms with Gasteiger partial charge in [-0.3, -0.25) is 14.8 Å². The Bertz CT molecular complexity index is 920. The molecule has 0 bridgehead atoms. The lowest BCUT2D eigenvalue weighted by Gasteiger charge is -2.21. The third-order valence-electron chi connectivity index (χ3n) is 4.86. The van der Waals surface area contributed by atoms with Gasteiger partial charge in [0, 0.05) is 48.8 Å². The fourth-order valence-corrected chi connectivity index (χ4v) is 3.39. The quantitative estimate of drug-likeness (QED) is 0.408. The summed E-state index contributed by atoms with van der Waals surface area (Å²) in [6.07, 6.45) is 3.55. The van der Waals surface area contributed by atoms with Crippen molar-refractivity contribution in [1.29, 1.82) is 0 Å². The number of aromatic nitrogens is 2. The lowest BCUT2D eigenvalue weighted by molar-refractivity contribution is -0.123. The highest BCUT2D eigenvalue weighted by molar-refractivity contribution is 6.14. The van der Waals surface area contributed by atoms with Crippen molar-refractivity contribution in [2.75, 3.05) is 0 Å². The molecular weight excluding hydrogens is 402 g/mol. The second kappa shape index (κ2) is 12.1. The first-order valence-electron chi connectivity index (χ1n) is 10.4. The fourth-order valence-electron chi connectivity index (χ4n) is 3.13. The van der Waals surface area contributed by atoms with Gasteiger partial charge in [0.05, 0.1) is 17.4 Å². The van der Waals surface area contributed by atoms with Gasteiger partial charge in [-0.25, -0.2) is 0 Å². The maximum atomic E-state index is 12.7. The largest absolute Gasteiger partial charge is 0.351 e. The molecule has 159 valence electrons. The molecule has 0 aliphatic carbocycles. The molecule has 1 unspecified atom stereocenters. The Hall–Kier alpha value is -2.87. The highest BCUT2D eigenvalue weighted by atomic mass is 28.1. The Labute approximate surface area is 187 Å².